The fourth-order valence-corrected chi connectivity index (χ4v) is 2.28. The quantitative estimate of drug-likeness (QED) is 0.566. The van der Waals surface area contributed by atoms with Gasteiger partial charge >= 0.3 is 0 Å². The molecule has 0 radical (unpaired) electrons. The largest absolute Gasteiger partial charge is 0.489 e. The number of hydrogen-bond donors (Lipinski definition) is 0. The van der Waals surface area contributed by atoms with E-state index < -0.39 is 0 Å². The molecule has 0 aromatic heterocycles. The van der Waals surface area contributed by atoms with E-state index in [0.29, 0.717) is 6.61 Å². The van der Waals surface area contributed by atoms with E-state index in [0.717, 1.165) is 12.2 Å². The second-order valence-corrected chi connectivity index (χ2v) is 5.14. The molecule has 0 N–H and O–H groups in total. The van der Waals surface area contributed by atoms with Crippen LogP contribution in [0.15, 0.2) is 61.2 Å². The lowest BCUT2D eigenvalue weighted by molar-refractivity contribution is 0.302. The molecular weight excluding hydrogens is 335 g/mol. The predicted octanol–water partition coefficient (Wildman–Crippen LogP) is 4.60. The molecule has 0 aliphatic heterocycles. The first-order chi connectivity index (χ1) is 8.81. The molecule has 18 heavy (non-hydrogen) atoms. The normalized spacial score (nSPS) is 10.1. The van der Waals surface area contributed by atoms with E-state index in [1.165, 1.54) is 14.7 Å². The molecule has 1 nitrogen and oxygen atoms in total. The lowest BCUT2D eigenvalue weighted by atomic mass is 10.1. The smallest absolute Gasteiger partial charge is 0.123 e. The summed E-state index contributed by atoms with van der Waals surface area (Å²) < 4.78 is 7.14. The third kappa shape index (κ3) is 3.35. The van der Waals surface area contributed by atoms with Crippen LogP contribution in [-0.4, -0.2) is 0 Å². The number of rotatable bonds is 5. The fourth-order valence-electron chi connectivity index (χ4n) is 1.74. The van der Waals surface area contributed by atoms with E-state index in [2.05, 4.69) is 47.4 Å². The molecule has 0 unspecified atom stereocenters. The summed E-state index contributed by atoms with van der Waals surface area (Å²) in [6.45, 7) is 4.38. The van der Waals surface area contributed by atoms with Crippen molar-refractivity contribution in [1.29, 1.82) is 0 Å². The third-order valence-electron chi connectivity index (χ3n) is 2.68. The number of allylic oxidation sites excluding steroid dienone is 1. The van der Waals surface area contributed by atoms with Crippen LogP contribution in [0.5, 0.6) is 5.75 Å². The lowest BCUT2D eigenvalue weighted by Gasteiger charge is -2.11. The highest BCUT2D eigenvalue weighted by molar-refractivity contribution is 14.1. The number of halogens is 1. The Morgan fingerprint density at radius 2 is 1.67 bits per heavy atom. The summed E-state index contributed by atoms with van der Waals surface area (Å²) in [7, 11) is 0. The van der Waals surface area contributed by atoms with E-state index in [-0.39, 0.29) is 0 Å². The van der Waals surface area contributed by atoms with Crippen molar-refractivity contribution in [2.45, 2.75) is 13.0 Å². The number of benzene rings is 2. The minimum atomic E-state index is 0.604. The summed E-state index contributed by atoms with van der Waals surface area (Å²) in [4.78, 5) is 0. The molecule has 0 saturated heterocycles. The van der Waals surface area contributed by atoms with E-state index in [4.69, 9.17) is 4.74 Å². The summed E-state index contributed by atoms with van der Waals surface area (Å²) in [6.07, 6.45) is 2.73. The van der Waals surface area contributed by atoms with Gasteiger partial charge < -0.3 is 4.74 Å². The maximum Gasteiger partial charge on any atom is 0.123 e. The van der Waals surface area contributed by atoms with Gasteiger partial charge in [0, 0.05) is 9.13 Å². The molecule has 2 aromatic rings. The van der Waals surface area contributed by atoms with Crippen molar-refractivity contribution in [2.24, 2.45) is 0 Å². The molecule has 92 valence electrons. The van der Waals surface area contributed by atoms with Gasteiger partial charge in [0.2, 0.25) is 0 Å². The molecule has 0 amide bonds. The Balaban J connectivity index is 2.11. The van der Waals surface area contributed by atoms with Gasteiger partial charge in [-0.25, -0.2) is 0 Å². The maximum absolute atomic E-state index is 5.90. The van der Waals surface area contributed by atoms with Crippen LogP contribution in [0.4, 0.5) is 0 Å². The standard InChI is InChI=1S/C16H15IO/c1-2-7-13-8-4-6-11-16(13)18-12-14-9-3-5-10-15(14)17/h2-6,8-11H,1,7,12H2. The summed E-state index contributed by atoms with van der Waals surface area (Å²) in [5.41, 5.74) is 2.39. The monoisotopic (exact) mass is 350 g/mol. The number of hydrogen-bond acceptors (Lipinski definition) is 1. The van der Waals surface area contributed by atoms with E-state index in [9.17, 15) is 0 Å². The SMILES string of the molecule is C=CCc1ccccc1OCc1ccccc1I. The molecule has 0 saturated carbocycles. The third-order valence-corrected chi connectivity index (χ3v) is 3.73. The van der Waals surface area contributed by atoms with Crippen molar-refractivity contribution < 1.29 is 4.74 Å². The van der Waals surface area contributed by atoms with Crippen molar-refractivity contribution in [1.82, 2.24) is 0 Å². The van der Waals surface area contributed by atoms with Crippen LogP contribution in [0.2, 0.25) is 0 Å². The molecule has 0 fully saturated rings. The van der Waals surface area contributed by atoms with Crippen LogP contribution >= 0.6 is 22.6 Å². The Morgan fingerprint density at radius 1 is 1.00 bits per heavy atom. The predicted molar refractivity (Wildman–Crippen MR) is 83.8 cm³/mol. The topological polar surface area (TPSA) is 9.23 Å². The highest BCUT2D eigenvalue weighted by Gasteiger charge is 2.03. The first kappa shape index (κ1) is 13.1. The van der Waals surface area contributed by atoms with Gasteiger partial charge in [0.05, 0.1) is 0 Å². The Bertz CT molecular complexity index is 534. The van der Waals surface area contributed by atoms with E-state index in [1.807, 2.05) is 36.4 Å². The van der Waals surface area contributed by atoms with Crippen LogP contribution in [0, 0.1) is 3.57 Å². The van der Waals surface area contributed by atoms with Crippen molar-refractivity contribution in [3.05, 3.63) is 75.9 Å². The molecular formula is C16H15IO. The van der Waals surface area contributed by atoms with Crippen LogP contribution in [0.25, 0.3) is 0 Å². The van der Waals surface area contributed by atoms with Gasteiger partial charge in [0.15, 0.2) is 0 Å². The Hall–Kier alpha value is -1.29. The second kappa shape index (κ2) is 6.59. The first-order valence-electron chi connectivity index (χ1n) is 5.86. The molecule has 0 bridgehead atoms. The minimum absolute atomic E-state index is 0.604. The highest BCUT2D eigenvalue weighted by Crippen LogP contribution is 2.21. The van der Waals surface area contributed by atoms with Crippen molar-refractivity contribution in [2.75, 3.05) is 0 Å². The van der Waals surface area contributed by atoms with Crippen LogP contribution < -0.4 is 4.74 Å². The maximum atomic E-state index is 5.90. The van der Waals surface area contributed by atoms with Gasteiger partial charge in [-0.3, -0.25) is 0 Å². The van der Waals surface area contributed by atoms with Gasteiger partial charge in [-0.2, -0.15) is 0 Å². The van der Waals surface area contributed by atoms with Crippen molar-refractivity contribution in [3.8, 4) is 5.75 Å². The molecule has 0 aliphatic rings. The molecule has 2 heteroatoms. The average molecular weight is 350 g/mol. The average Bonchev–Trinajstić information content (AvgIpc) is 2.40. The van der Waals surface area contributed by atoms with E-state index >= 15 is 0 Å². The fraction of sp³-hybridized carbons (Fsp3) is 0.125. The second-order valence-electron chi connectivity index (χ2n) is 3.98. The van der Waals surface area contributed by atoms with Gasteiger partial charge in [-0.1, -0.05) is 42.5 Å². The van der Waals surface area contributed by atoms with Gasteiger partial charge in [-0.15, -0.1) is 6.58 Å². The molecule has 0 atom stereocenters. The highest BCUT2D eigenvalue weighted by atomic mass is 127. The lowest BCUT2D eigenvalue weighted by Crippen LogP contribution is -1.99. The summed E-state index contributed by atoms with van der Waals surface area (Å²) in [6, 6.07) is 16.4. The molecule has 0 heterocycles. The van der Waals surface area contributed by atoms with Crippen LogP contribution in [0.1, 0.15) is 11.1 Å². The van der Waals surface area contributed by atoms with Crippen molar-refractivity contribution in [3.63, 3.8) is 0 Å². The number of ether oxygens (including phenoxy) is 1. The van der Waals surface area contributed by atoms with Gasteiger partial charge in [0.25, 0.3) is 0 Å². The molecule has 2 rings (SSSR count). The minimum Gasteiger partial charge on any atom is -0.489 e. The Morgan fingerprint density at radius 3 is 2.39 bits per heavy atom. The Kier molecular flexibility index (Phi) is 4.81. The van der Waals surface area contributed by atoms with Crippen LogP contribution in [-0.2, 0) is 13.0 Å². The van der Waals surface area contributed by atoms with E-state index in [1.54, 1.807) is 0 Å². The molecule has 0 spiro atoms. The van der Waals surface area contributed by atoms with Crippen molar-refractivity contribution >= 4 is 22.6 Å². The number of para-hydroxylation sites is 1. The van der Waals surface area contributed by atoms with Crippen LogP contribution in [0.3, 0.4) is 0 Å². The zero-order valence-corrected chi connectivity index (χ0v) is 12.3. The summed E-state index contributed by atoms with van der Waals surface area (Å²) in [5.74, 6) is 0.942. The zero-order valence-electron chi connectivity index (χ0n) is 10.1. The summed E-state index contributed by atoms with van der Waals surface area (Å²) in [5, 5.41) is 0. The summed E-state index contributed by atoms with van der Waals surface area (Å²) >= 11 is 2.33. The molecule has 0 aliphatic carbocycles. The Labute approximate surface area is 122 Å². The molecule has 2 aromatic carbocycles. The first-order valence-corrected chi connectivity index (χ1v) is 6.94. The van der Waals surface area contributed by atoms with Gasteiger partial charge in [0.1, 0.15) is 12.4 Å². The zero-order chi connectivity index (χ0) is 12.8. The van der Waals surface area contributed by atoms with Gasteiger partial charge in [-0.05, 0) is 46.7 Å².